The topological polar surface area (TPSA) is 79.4 Å². The van der Waals surface area contributed by atoms with Gasteiger partial charge in [0.1, 0.15) is 0 Å². The van der Waals surface area contributed by atoms with Gasteiger partial charge >= 0.3 is 0 Å². The van der Waals surface area contributed by atoms with Crippen molar-refractivity contribution in [1.82, 2.24) is 15.2 Å². The smallest absolute Gasteiger partial charge is 0.253 e. The van der Waals surface area contributed by atoms with Gasteiger partial charge in [-0.3, -0.25) is 14.7 Å². The van der Waals surface area contributed by atoms with Gasteiger partial charge in [-0.1, -0.05) is 6.42 Å². The van der Waals surface area contributed by atoms with Crippen molar-refractivity contribution in [1.29, 1.82) is 0 Å². The number of aryl methyl sites for hydroxylation is 1. The molecule has 2 fully saturated rings. The summed E-state index contributed by atoms with van der Waals surface area (Å²) < 4.78 is 24.1. The minimum absolute atomic E-state index is 0.0270. The Morgan fingerprint density at radius 1 is 1.22 bits per heavy atom. The third kappa shape index (κ3) is 3.90. The van der Waals surface area contributed by atoms with Crippen molar-refractivity contribution in [3.63, 3.8) is 0 Å². The minimum atomic E-state index is -3.10. The molecule has 0 radical (unpaired) electrons. The van der Waals surface area contributed by atoms with Gasteiger partial charge in [0, 0.05) is 17.9 Å². The number of carbonyl (C=O) groups is 1. The summed E-state index contributed by atoms with van der Waals surface area (Å²) in [5.74, 6) is -0.0786. The molecule has 1 aromatic heterocycles. The van der Waals surface area contributed by atoms with Crippen LogP contribution in [0.1, 0.15) is 35.3 Å². The molecule has 1 aromatic rings. The average Bonchev–Trinajstić information content (AvgIpc) is 2.83. The van der Waals surface area contributed by atoms with Crippen LogP contribution in [0.5, 0.6) is 0 Å². The van der Waals surface area contributed by atoms with E-state index in [9.17, 15) is 13.2 Å². The number of carbonyl (C=O) groups excluding carboxylic acids is 1. The van der Waals surface area contributed by atoms with Gasteiger partial charge in [-0.15, -0.1) is 0 Å². The van der Waals surface area contributed by atoms with Gasteiger partial charge in [0.05, 0.1) is 23.1 Å². The fourth-order valence-corrected chi connectivity index (χ4v) is 5.38. The van der Waals surface area contributed by atoms with E-state index in [-0.39, 0.29) is 29.5 Å². The molecule has 0 aliphatic carbocycles. The molecule has 0 unspecified atom stereocenters. The molecule has 2 atom stereocenters. The number of pyridine rings is 1. The van der Waals surface area contributed by atoms with E-state index in [0.29, 0.717) is 5.56 Å². The summed E-state index contributed by atoms with van der Waals surface area (Å²) in [6, 6.07) is 3.05. The Morgan fingerprint density at radius 3 is 2.61 bits per heavy atom. The fourth-order valence-electron chi connectivity index (χ4n) is 3.43. The molecule has 3 heterocycles. The van der Waals surface area contributed by atoms with E-state index >= 15 is 0 Å². The van der Waals surface area contributed by atoms with Crippen LogP contribution in [-0.4, -0.2) is 60.9 Å². The number of nitrogens with one attached hydrogen (secondary N) is 1. The Hall–Kier alpha value is -1.47. The first-order valence-electron chi connectivity index (χ1n) is 8.13. The lowest BCUT2D eigenvalue weighted by Crippen LogP contribution is -2.52. The molecular formula is C16H23N3O3S. The van der Waals surface area contributed by atoms with Crippen LogP contribution in [0, 0.1) is 6.92 Å². The molecule has 23 heavy (non-hydrogen) atoms. The largest absolute Gasteiger partial charge is 0.347 e. The van der Waals surface area contributed by atoms with Crippen molar-refractivity contribution >= 4 is 15.7 Å². The van der Waals surface area contributed by atoms with Gasteiger partial charge < -0.3 is 5.32 Å². The van der Waals surface area contributed by atoms with Crippen molar-refractivity contribution in [2.75, 3.05) is 24.6 Å². The SMILES string of the molecule is Cc1ccc(C(=O)N[C@H]2CS(=O)(=O)C[C@H]2N2CCCCC2)cn1. The predicted molar refractivity (Wildman–Crippen MR) is 88.1 cm³/mol. The summed E-state index contributed by atoms with van der Waals surface area (Å²) in [4.78, 5) is 18.7. The number of sulfone groups is 1. The van der Waals surface area contributed by atoms with Gasteiger partial charge in [0.2, 0.25) is 0 Å². The van der Waals surface area contributed by atoms with E-state index in [1.54, 1.807) is 12.1 Å². The predicted octanol–water partition coefficient (Wildman–Crippen LogP) is 0.771. The lowest BCUT2D eigenvalue weighted by atomic mass is 10.0. The maximum absolute atomic E-state index is 12.4. The summed E-state index contributed by atoms with van der Waals surface area (Å²) >= 11 is 0. The molecule has 1 amide bonds. The van der Waals surface area contributed by atoms with Gasteiger partial charge in [0.15, 0.2) is 9.84 Å². The maximum atomic E-state index is 12.4. The molecule has 0 saturated carbocycles. The summed E-state index contributed by atoms with van der Waals surface area (Å²) in [7, 11) is -3.10. The van der Waals surface area contributed by atoms with Gasteiger partial charge in [-0.05, 0) is 45.0 Å². The highest BCUT2D eigenvalue weighted by Gasteiger charge is 2.41. The molecular weight excluding hydrogens is 314 g/mol. The second kappa shape index (κ2) is 6.57. The summed E-state index contributed by atoms with van der Waals surface area (Å²) in [5.41, 5.74) is 1.31. The monoisotopic (exact) mass is 337 g/mol. The summed E-state index contributed by atoms with van der Waals surface area (Å²) in [6.07, 6.45) is 4.92. The Balaban J connectivity index is 1.73. The molecule has 7 heteroatoms. The molecule has 126 valence electrons. The number of rotatable bonds is 3. The first kappa shape index (κ1) is 16.4. The Kier molecular flexibility index (Phi) is 4.68. The zero-order valence-electron chi connectivity index (χ0n) is 13.4. The number of hydrogen-bond acceptors (Lipinski definition) is 5. The molecule has 0 aromatic carbocycles. The molecule has 6 nitrogen and oxygen atoms in total. The van der Waals surface area contributed by atoms with Crippen LogP contribution in [-0.2, 0) is 9.84 Å². The van der Waals surface area contributed by atoms with E-state index in [4.69, 9.17) is 0 Å². The van der Waals surface area contributed by atoms with Crippen LogP contribution in [0.2, 0.25) is 0 Å². The zero-order valence-corrected chi connectivity index (χ0v) is 14.2. The third-order valence-electron chi connectivity index (χ3n) is 4.67. The van der Waals surface area contributed by atoms with Crippen LogP contribution >= 0.6 is 0 Å². The number of piperidine rings is 1. The number of aromatic nitrogens is 1. The lowest BCUT2D eigenvalue weighted by Gasteiger charge is -2.35. The third-order valence-corrected chi connectivity index (χ3v) is 6.39. The molecule has 2 saturated heterocycles. The van der Waals surface area contributed by atoms with Crippen molar-refractivity contribution in [2.24, 2.45) is 0 Å². The molecule has 3 rings (SSSR count). The van der Waals surface area contributed by atoms with Crippen molar-refractivity contribution in [2.45, 2.75) is 38.3 Å². The number of likely N-dealkylation sites (tertiary alicyclic amines) is 1. The number of nitrogens with zero attached hydrogens (tertiary/aromatic N) is 2. The quantitative estimate of drug-likeness (QED) is 0.881. The summed E-state index contributed by atoms with van der Waals surface area (Å²) in [6.45, 7) is 3.69. The lowest BCUT2D eigenvalue weighted by molar-refractivity contribution is 0.0899. The molecule has 1 N–H and O–H groups in total. The molecule has 0 bridgehead atoms. The van der Waals surface area contributed by atoms with Crippen molar-refractivity contribution in [3.05, 3.63) is 29.6 Å². The van der Waals surface area contributed by atoms with Crippen molar-refractivity contribution < 1.29 is 13.2 Å². The van der Waals surface area contributed by atoms with Crippen LogP contribution in [0.15, 0.2) is 18.3 Å². The summed E-state index contributed by atoms with van der Waals surface area (Å²) in [5, 5.41) is 2.92. The first-order chi connectivity index (χ1) is 10.9. The standard InChI is InChI=1S/C16H23N3O3S/c1-12-5-6-13(9-17-12)16(20)18-14-10-23(21,22)11-15(14)19-7-3-2-4-8-19/h5-6,9,14-15H,2-4,7-8,10-11H2,1H3,(H,18,20)/t14-,15+/m0/s1. The maximum Gasteiger partial charge on any atom is 0.253 e. The van der Waals surface area contributed by atoms with E-state index in [2.05, 4.69) is 15.2 Å². The fraction of sp³-hybridized carbons (Fsp3) is 0.625. The highest BCUT2D eigenvalue weighted by atomic mass is 32.2. The van der Waals surface area contributed by atoms with Gasteiger partial charge in [0.25, 0.3) is 5.91 Å². The number of hydrogen-bond donors (Lipinski definition) is 1. The van der Waals surface area contributed by atoms with E-state index in [0.717, 1.165) is 31.6 Å². The highest BCUT2D eigenvalue weighted by Crippen LogP contribution is 2.22. The van der Waals surface area contributed by atoms with Crippen LogP contribution < -0.4 is 5.32 Å². The minimum Gasteiger partial charge on any atom is -0.347 e. The van der Waals surface area contributed by atoms with Crippen molar-refractivity contribution in [3.8, 4) is 0 Å². The van der Waals surface area contributed by atoms with Gasteiger partial charge in [-0.2, -0.15) is 0 Å². The Labute approximate surface area is 137 Å². The second-order valence-electron chi connectivity index (χ2n) is 6.51. The van der Waals surface area contributed by atoms with Crippen LogP contribution in [0.25, 0.3) is 0 Å². The molecule has 2 aliphatic rings. The second-order valence-corrected chi connectivity index (χ2v) is 8.66. The van der Waals surface area contributed by atoms with E-state index in [1.165, 1.54) is 12.6 Å². The number of amides is 1. The average molecular weight is 337 g/mol. The zero-order chi connectivity index (χ0) is 16.4. The molecule has 2 aliphatic heterocycles. The molecule has 0 spiro atoms. The van der Waals surface area contributed by atoms with Gasteiger partial charge in [-0.25, -0.2) is 8.42 Å². The Morgan fingerprint density at radius 2 is 1.96 bits per heavy atom. The first-order valence-corrected chi connectivity index (χ1v) is 9.95. The Bertz CT molecular complexity index is 666. The van der Waals surface area contributed by atoms with Crippen LogP contribution in [0.3, 0.4) is 0 Å². The van der Waals surface area contributed by atoms with Crippen LogP contribution in [0.4, 0.5) is 0 Å². The van der Waals surface area contributed by atoms with E-state index < -0.39 is 9.84 Å². The van der Waals surface area contributed by atoms with E-state index in [1.807, 2.05) is 6.92 Å². The normalized spacial score (nSPS) is 27.7. The highest BCUT2D eigenvalue weighted by molar-refractivity contribution is 7.91.